The van der Waals surface area contributed by atoms with E-state index in [1.165, 1.54) is 0 Å². The summed E-state index contributed by atoms with van der Waals surface area (Å²) in [7, 11) is 0. The van der Waals surface area contributed by atoms with Crippen LogP contribution >= 0.6 is 11.6 Å². The van der Waals surface area contributed by atoms with E-state index in [1.807, 2.05) is 36.7 Å². The van der Waals surface area contributed by atoms with Crippen LogP contribution in [0, 0.1) is 0 Å². The zero-order valence-electron chi connectivity index (χ0n) is 9.86. The standard InChI is InChI=1S/C13H16ClN3/c1-2-8-17-9-7-15-13(17)10-16-12-5-3-11(14)4-6-12/h3-7,9,16H,2,8,10H2,1H3. The predicted octanol–water partition coefficient (Wildman–Crippen LogP) is 3.56. The molecule has 0 bridgehead atoms. The van der Waals surface area contributed by atoms with Crippen LogP contribution in [0.4, 0.5) is 5.69 Å². The van der Waals surface area contributed by atoms with Crippen LogP contribution in [-0.2, 0) is 13.1 Å². The summed E-state index contributed by atoms with van der Waals surface area (Å²) in [6.07, 6.45) is 4.97. The third-order valence-corrected chi connectivity index (χ3v) is 2.81. The topological polar surface area (TPSA) is 29.9 Å². The van der Waals surface area contributed by atoms with Gasteiger partial charge in [-0.15, -0.1) is 0 Å². The lowest BCUT2D eigenvalue weighted by Gasteiger charge is -2.08. The fourth-order valence-corrected chi connectivity index (χ4v) is 1.83. The highest BCUT2D eigenvalue weighted by molar-refractivity contribution is 6.30. The van der Waals surface area contributed by atoms with Crippen LogP contribution in [0.25, 0.3) is 0 Å². The van der Waals surface area contributed by atoms with Crippen molar-refractivity contribution < 1.29 is 0 Å². The Morgan fingerprint density at radius 2 is 2.06 bits per heavy atom. The Labute approximate surface area is 106 Å². The van der Waals surface area contributed by atoms with E-state index < -0.39 is 0 Å². The first-order chi connectivity index (χ1) is 8.29. The van der Waals surface area contributed by atoms with Gasteiger partial charge in [0.15, 0.2) is 0 Å². The SMILES string of the molecule is CCCn1ccnc1CNc1ccc(Cl)cc1. The Hall–Kier alpha value is -1.48. The number of aryl methyl sites for hydroxylation is 1. The van der Waals surface area contributed by atoms with E-state index in [0.29, 0.717) is 0 Å². The van der Waals surface area contributed by atoms with Gasteiger partial charge >= 0.3 is 0 Å². The molecule has 3 nitrogen and oxygen atoms in total. The molecule has 0 aliphatic heterocycles. The molecule has 0 atom stereocenters. The quantitative estimate of drug-likeness (QED) is 0.878. The first-order valence-corrected chi connectivity index (χ1v) is 6.17. The Bertz CT molecular complexity index is 462. The largest absolute Gasteiger partial charge is 0.378 e. The van der Waals surface area contributed by atoms with Gasteiger partial charge in [0.25, 0.3) is 0 Å². The molecule has 1 heterocycles. The number of hydrogen-bond donors (Lipinski definition) is 1. The highest BCUT2D eigenvalue weighted by Gasteiger charge is 2.01. The molecule has 1 N–H and O–H groups in total. The van der Waals surface area contributed by atoms with Crippen molar-refractivity contribution in [3.05, 3.63) is 47.5 Å². The number of benzene rings is 1. The molecule has 0 aliphatic carbocycles. The normalized spacial score (nSPS) is 10.5. The van der Waals surface area contributed by atoms with Crippen molar-refractivity contribution in [3.8, 4) is 0 Å². The van der Waals surface area contributed by atoms with Crippen molar-refractivity contribution in [2.45, 2.75) is 26.4 Å². The summed E-state index contributed by atoms with van der Waals surface area (Å²) < 4.78 is 2.17. The van der Waals surface area contributed by atoms with Crippen molar-refractivity contribution >= 4 is 17.3 Å². The molecule has 17 heavy (non-hydrogen) atoms. The maximum absolute atomic E-state index is 5.83. The second-order valence-corrected chi connectivity index (χ2v) is 4.33. The van der Waals surface area contributed by atoms with Crippen molar-refractivity contribution in [1.29, 1.82) is 0 Å². The molecule has 2 aromatic rings. The number of nitrogens with zero attached hydrogens (tertiary/aromatic N) is 2. The van der Waals surface area contributed by atoms with E-state index in [9.17, 15) is 0 Å². The summed E-state index contributed by atoms with van der Waals surface area (Å²) in [5, 5.41) is 4.08. The van der Waals surface area contributed by atoms with Crippen molar-refractivity contribution in [2.24, 2.45) is 0 Å². The molecule has 90 valence electrons. The van der Waals surface area contributed by atoms with E-state index in [4.69, 9.17) is 11.6 Å². The summed E-state index contributed by atoms with van der Waals surface area (Å²) in [4.78, 5) is 4.34. The van der Waals surface area contributed by atoms with Gasteiger partial charge in [-0.25, -0.2) is 4.98 Å². The van der Waals surface area contributed by atoms with Gasteiger partial charge in [0.05, 0.1) is 6.54 Å². The number of aromatic nitrogens is 2. The Balaban J connectivity index is 1.97. The molecule has 0 unspecified atom stereocenters. The Morgan fingerprint density at radius 1 is 1.29 bits per heavy atom. The summed E-state index contributed by atoms with van der Waals surface area (Å²) in [5.74, 6) is 1.06. The van der Waals surface area contributed by atoms with Crippen molar-refractivity contribution in [3.63, 3.8) is 0 Å². The lowest BCUT2D eigenvalue weighted by Crippen LogP contribution is -2.08. The molecular formula is C13H16ClN3. The van der Waals surface area contributed by atoms with Crippen molar-refractivity contribution in [2.75, 3.05) is 5.32 Å². The third-order valence-electron chi connectivity index (χ3n) is 2.56. The van der Waals surface area contributed by atoms with Gasteiger partial charge in [-0.2, -0.15) is 0 Å². The summed E-state index contributed by atoms with van der Waals surface area (Å²) in [5.41, 5.74) is 1.06. The Morgan fingerprint density at radius 3 is 2.76 bits per heavy atom. The molecular weight excluding hydrogens is 234 g/mol. The van der Waals surface area contributed by atoms with Crippen LogP contribution in [0.1, 0.15) is 19.2 Å². The molecule has 4 heteroatoms. The third kappa shape index (κ3) is 3.24. The molecule has 1 aromatic heterocycles. The maximum atomic E-state index is 5.83. The highest BCUT2D eigenvalue weighted by Crippen LogP contribution is 2.14. The number of halogens is 1. The Kier molecular flexibility index (Phi) is 4.04. The minimum atomic E-state index is 0.731. The molecule has 0 radical (unpaired) electrons. The van der Waals surface area contributed by atoms with E-state index in [2.05, 4.69) is 21.8 Å². The molecule has 0 amide bonds. The van der Waals surface area contributed by atoms with E-state index >= 15 is 0 Å². The van der Waals surface area contributed by atoms with Gasteiger partial charge in [0, 0.05) is 29.6 Å². The van der Waals surface area contributed by atoms with Gasteiger partial charge in [0.2, 0.25) is 0 Å². The van der Waals surface area contributed by atoms with Gasteiger partial charge < -0.3 is 9.88 Å². The second-order valence-electron chi connectivity index (χ2n) is 3.90. The maximum Gasteiger partial charge on any atom is 0.128 e. The average Bonchev–Trinajstić information content (AvgIpc) is 2.77. The van der Waals surface area contributed by atoms with Crippen LogP contribution < -0.4 is 5.32 Å². The smallest absolute Gasteiger partial charge is 0.128 e. The zero-order valence-corrected chi connectivity index (χ0v) is 10.6. The molecule has 0 fully saturated rings. The molecule has 2 rings (SSSR count). The number of anilines is 1. The van der Waals surface area contributed by atoms with Gasteiger partial charge in [0.1, 0.15) is 5.82 Å². The molecule has 0 aliphatic rings. The highest BCUT2D eigenvalue weighted by atomic mass is 35.5. The minimum Gasteiger partial charge on any atom is -0.378 e. The van der Waals surface area contributed by atoms with Crippen LogP contribution in [0.2, 0.25) is 5.02 Å². The monoisotopic (exact) mass is 249 g/mol. The summed E-state index contributed by atoms with van der Waals surface area (Å²) in [6, 6.07) is 7.69. The first kappa shape index (κ1) is 12.0. The van der Waals surface area contributed by atoms with Gasteiger partial charge in [-0.1, -0.05) is 18.5 Å². The van der Waals surface area contributed by atoms with E-state index in [0.717, 1.165) is 36.0 Å². The van der Waals surface area contributed by atoms with Crippen LogP contribution in [0.3, 0.4) is 0 Å². The first-order valence-electron chi connectivity index (χ1n) is 5.79. The van der Waals surface area contributed by atoms with E-state index in [-0.39, 0.29) is 0 Å². The average molecular weight is 250 g/mol. The van der Waals surface area contributed by atoms with Crippen LogP contribution in [0.15, 0.2) is 36.7 Å². The molecule has 1 aromatic carbocycles. The zero-order chi connectivity index (χ0) is 12.1. The van der Waals surface area contributed by atoms with Gasteiger partial charge in [-0.05, 0) is 30.7 Å². The van der Waals surface area contributed by atoms with Crippen LogP contribution in [-0.4, -0.2) is 9.55 Å². The second kappa shape index (κ2) is 5.73. The number of nitrogens with one attached hydrogen (secondary N) is 1. The van der Waals surface area contributed by atoms with Gasteiger partial charge in [-0.3, -0.25) is 0 Å². The minimum absolute atomic E-state index is 0.731. The number of imidazole rings is 1. The molecule has 0 spiro atoms. The molecule has 0 saturated heterocycles. The summed E-state index contributed by atoms with van der Waals surface area (Å²) in [6.45, 7) is 3.91. The molecule has 0 saturated carbocycles. The number of hydrogen-bond acceptors (Lipinski definition) is 2. The fraction of sp³-hybridized carbons (Fsp3) is 0.308. The summed E-state index contributed by atoms with van der Waals surface area (Å²) >= 11 is 5.83. The lowest BCUT2D eigenvalue weighted by atomic mass is 10.3. The fourth-order valence-electron chi connectivity index (χ4n) is 1.70. The van der Waals surface area contributed by atoms with Crippen molar-refractivity contribution in [1.82, 2.24) is 9.55 Å². The van der Waals surface area contributed by atoms with Crippen LogP contribution in [0.5, 0.6) is 0 Å². The van der Waals surface area contributed by atoms with E-state index in [1.54, 1.807) is 0 Å². The lowest BCUT2D eigenvalue weighted by molar-refractivity contribution is 0.644. The number of rotatable bonds is 5. The predicted molar refractivity (Wildman–Crippen MR) is 71.3 cm³/mol.